The van der Waals surface area contributed by atoms with E-state index in [9.17, 15) is 4.79 Å². The molecule has 6 heteroatoms. The summed E-state index contributed by atoms with van der Waals surface area (Å²) >= 11 is 0. The zero-order chi connectivity index (χ0) is 20.5. The Morgan fingerprint density at radius 1 is 1.10 bits per heavy atom. The molecule has 0 spiro atoms. The Bertz CT molecular complexity index is 762. The summed E-state index contributed by atoms with van der Waals surface area (Å²) in [7, 11) is 2.03. The summed E-state index contributed by atoms with van der Waals surface area (Å²) < 4.78 is 5.50. The normalized spacial score (nSPS) is 15.5. The van der Waals surface area contributed by atoms with Crippen LogP contribution in [0.5, 0.6) is 0 Å². The number of ether oxygens (including phenoxy) is 1. The maximum Gasteiger partial charge on any atom is 0.314 e. The number of aryl methyl sites for hydroxylation is 1. The van der Waals surface area contributed by atoms with Gasteiger partial charge < -0.3 is 20.3 Å². The van der Waals surface area contributed by atoms with Gasteiger partial charge in [0.15, 0.2) is 0 Å². The van der Waals surface area contributed by atoms with Gasteiger partial charge in [0.1, 0.15) is 0 Å². The maximum absolute atomic E-state index is 12.4. The van der Waals surface area contributed by atoms with Crippen molar-refractivity contribution in [1.82, 2.24) is 15.5 Å². The summed E-state index contributed by atoms with van der Waals surface area (Å²) in [6.45, 7) is 7.24. The van der Waals surface area contributed by atoms with Crippen LogP contribution in [0.15, 0.2) is 54.6 Å². The maximum atomic E-state index is 12.4. The SMILES string of the molecule is Cc1cccc(C(CNC(=O)NCCN(C)c2ccccc2)N2CCOCC2)c1. The van der Waals surface area contributed by atoms with Gasteiger partial charge in [0.2, 0.25) is 0 Å². The molecule has 2 amide bonds. The fraction of sp³-hybridized carbons (Fsp3) is 0.435. The number of urea groups is 1. The summed E-state index contributed by atoms with van der Waals surface area (Å²) in [5.41, 5.74) is 3.60. The minimum atomic E-state index is -0.127. The Balaban J connectivity index is 1.50. The van der Waals surface area contributed by atoms with Crippen molar-refractivity contribution in [2.24, 2.45) is 0 Å². The highest BCUT2D eigenvalue weighted by molar-refractivity contribution is 5.73. The quantitative estimate of drug-likeness (QED) is 0.720. The van der Waals surface area contributed by atoms with Crippen LogP contribution in [0.4, 0.5) is 10.5 Å². The number of carbonyl (C=O) groups is 1. The molecule has 1 heterocycles. The minimum absolute atomic E-state index is 0.127. The molecule has 29 heavy (non-hydrogen) atoms. The molecular weight excluding hydrogens is 364 g/mol. The van der Waals surface area contributed by atoms with E-state index in [1.807, 2.05) is 25.2 Å². The summed E-state index contributed by atoms with van der Waals surface area (Å²) in [4.78, 5) is 16.9. The van der Waals surface area contributed by atoms with Gasteiger partial charge in [-0.3, -0.25) is 4.90 Å². The van der Waals surface area contributed by atoms with E-state index in [-0.39, 0.29) is 12.1 Å². The predicted molar refractivity (Wildman–Crippen MR) is 117 cm³/mol. The fourth-order valence-electron chi connectivity index (χ4n) is 3.62. The summed E-state index contributed by atoms with van der Waals surface area (Å²) in [5, 5.41) is 6.03. The van der Waals surface area contributed by atoms with Crippen LogP contribution in [-0.2, 0) is 4.74 Å². The van der Waals surface area contributed by atoms with Crippen LogP contribution in [0.1, 0.15) is 17.2 Å². The number of carbonyl (C=O) groups excluding carboxylic acids is 1. The summed E-state index contributed by atoms with van der Waals surface area (Å²) in [6, 6.07) is 18.7. The van der Waals surface area contributed by atoms with Gasteiger partial charge in [0, 0.05) is 45.5 Å². The molecule has 6 nitrogen and oxygen atoms in total. The standard InChI is InChI=1S/C23H32N4O2/c1-19-7-6-8-20(17-19)22(27-13-15-29-16-14-27)18-25-23(28)24-11-12-26(2)21-9-4-3-5-10-21/h3-10,17,22H,11-16,18H2,1-2H3,(H2,24,25,28). The van der Waals surface area contributed by atoms with Crippen molar-refractivity contribution in [3.63, 3.8) is 0 Å². The molecule has 1 atom stereocenters. The first-order chi connectivity index (χ1) is 14.1. The van der Waals surface area contributed by atoms with Crippen molar-refractivity contribution in [1.29, 1.82) is 0 Å². The molecule has 1 aliphatic rings. The van der Waals surface area contributed by atoms with Crippen molar-refractivity contribution in [2.45, 2.75) is 13.0 Å². The van der Waals surface area contributed by atoms with E-state index in [1.165, 1.54) is 11.1 Å². The Labute approximate surface area is 173 Å². The predicted octanol–water partition coefficient (Wildman–Crippen LogP) is 2.80. The average Bonchev–Trinajstić information content (AvgIpc) is 2.75. The van der Waals surface area contributed by atoms with E-state index in [1.54, 1.807) is 0 Å². The molecule has 0 aliphatic carbocycles. The van der Waals surface area contributed by atoms with Crippen molar-refractivity contribution in [3.05, 3.63) is 65.7 Å². The number of para-hydroxylation sites is 1. The van der Waals surface area contributed by atoms with Crippen molar-refractivity contribution >= 4 is 11.7 Å². The van der Waals surface area contributed by atoms with Gasteiger partial charge in [-0.2, -0.15) is 0 Å². The number of nitrogens with one attached hydrogen (secondary N) is 2. The van der Waals surface area contributed by atoms with Gasteiger partial charge in [0.05, 0.1) is 19.3 Å². The van der Waals surface area contributed by atoms with Gasteiger partial charge in [-0.15, -0.1) is 0 Å². The third kappa shape index (κ3) is 6.48. The second kappa shape index (κ2) is 10.8. The van der Waals surface area contributed by atoms with Gasteiger partial charge in [-0.05, 0) is 24.6 Å². The van der Waals surface area contributed by atoms with E-state index in [0.29, 0.717) is 13.1 Å². The van der Waals surface area contributed by atoms with E-state index in [4.69, 9.17) is 4.74 Å². The third-order valence-corrected chi connectivity index (χ3v) is 5.30. The highest BCUT2D eigenvalue weighted by Crippen LogP contribution is 2.22. The molecule has 1 saturated heterocycles. The number of rotatable bonds is 8. The largest absolute Gasteiger partial charge is 0.379 e. The lowest BCUT2D eigenvalue weighted by atomic mass is 10.0. The zero-order valence-corrected chi connectivity index (χ0v) is 17.4. The molecule has 3 rings (SSSR count). The second-order valence-electron chi connectivity index (χ2n) is 7.47. The Morgan fingerprint density at radius 3 is 2.59 bits per heavy atom. The molecule has 2 aromatic rings. The second-order valence-corrected chi connectivity index (χ2v) is 7.47. The van der Waals surface area contributed by atoms with Crippen LogP contribution in [0.3, 0.4) is 0 Å². The number of morpholine rings is 1. The molecule has 1 aliphatic heterocycles. The number of anilines is 1. The van der Waals surface area contributed by atoms with E-state index in [0.717, 1.165) is 38.5 Å². The average molecular weight is 397 g/mol. The molecule has 0 bridgehead atoms. The third-order valence-electron chi connectivity index (χ3n) is 5.30. The van der Waals surface area contributed by atoms with Crippen LogP contribution in [0, 0.1) is 6.92 Å². The highest BCUT2D eigenvalue weighted by Gasteiger charge is 2.23. The molecule has 0 saturated carbocycles. The van der Waals surface area contributed by atoms with Gasteiger partial charge in [0.25, 0.3) is 0 Å². The van der Waals surface area contributed by atoms with Gasteiger partial charge in [-0.1, -0.05) is 48.0 Å². The van der Waals surface area contributed by atoms with Crippen LogP contribution >= 0.6 is 0 Å². The van der Waals surface area contributed by atoms with E-state index >= 15 is 0 Å². The molecule has 1 unspecified atom stereocenters. The summed E-state index contributed by atoms with van der Waals surface area (Å²) in [5.74, 6) is 0. The molecule has 0 radical (unpaired) electrons. The topological polar surface area (TPSA) is 56.8 Å². The molecule has 1 fully saturated rings. The van der Waals surface area contributed by atoms with E-state index in [2.05, 4.69) is 63.8 Å². The van der Waals surface area contributed by atoms with Crippen LogP contribution in [0.25, 0.3) is 0 Å². The number of hydrogen-bond acceptors (Lipinski definition) is 4. The van der Waals surface area contributed by atoms with Gasteiger partial charge in [-0.25, -0.2) is 4.79 Å². The molecule has 0 aromatic heterocycles. The van der Waals surface area contributed by atoms with Crippen LogP contribution in [-0.4, -0.2) is 63.9 Å². The highest BCUT2D eigenvalue weighted by atomic mass is 16.5. The monoisotopic (exact) mass is 396 g/mol. The first-order valence-corrected chi connectivity index (χ1v) is 10.3. The zero-order valence-electron chi connectivity index (χ0n) is 17.4. The molecular formula is C23H32N4O2. The molecule has 2 aromatic carbocycles. The number of hydrogen-bond donors (Lipinski definition) is 2. The minimum Gasteiger partial charge on any atom is -0.379 e. The van der Waals surface area contributed by atoms with Crippen LogP contribution in [0.2, 0.25) is 0 Å². The number of benzene rings is 2. The Kier molecular flexibility index (Phi) is 7.90. The molecule has 2 N–H and O–H groups in total. The molecule has 156 valence electrons. The number of amides is 2. The first kappa shape index (κ1) is 21.1. The number of nitrogens with zero attached hydrogens (tertiary/aromatic N) is 2. The summed E-state index contributed by atoms with van der Waals surface area (Å²) in [6.07, 6.45) is 0. The smallest absolute Gasteiger partial charge is 0.314 e. The Hall–Kier alpha value is -2.57. The fourth-order valence-corrected chi connectivity index (χ4v) is 3.62. The van der Waals surface area contributed by atoms with E-state index < -0.39 is 0 Å². The number of likely N-dealkylation sites (N-methyl/N-ethyl adjacent to an activating group) is 1. The lowest BCUT2D eigenvalue weighted by molar-refractivity contribution is 0.0167. The van der Waals surface area contributed by atoms with Crippen LogP contribution < -0.4 is 15.5 Å². The van der Waals surface area contributed by atoms with Crippen molar-refractivity contribution < 1.29 is 9.53 Å². The van der Waals surface area contributed by atoms with Crippen molar-refractivity contribution in [2.75, 3.05) is 57.9 Å². The van der Waals surface area contributed by atoms with Gasteiger partial charge >= 0.3 is 6.03 Å². The Morgan fingerprint density at radius 2 is 1.86 bits per heavy atom. The van der Waals surface area contributed by atoms with Crippen molar-refractivity contribution in [3.8, 4) is 0 Å². The lowest BCUT2D eigenvalue weighted by Gasteiger charge is -2.35. The first-order valence-electron chi connectivity index (χ1n) is 10.3. The lowest BCUT2D eigenvalue weighted by Crippen LogP contribution is -2.46.